The number of hydrogen-bond donors (Lipinski definition) is 2. The second-order valence-corrected chi connectivity index (χ2v) is 9.43. The minimum absolute atomic E-state index is 0.0514. The topological polar surface area (TPSA) is 62.8 Å². The van der Waals surface area contributed by atoms with Crippen LogP contribution in [0, 0.1) is 5.92 Å². The number of carbonyl (C=O) groups excluding carboxylic acids is 1. The quantitative estimate of drug-likeness (QED) is 0.509. The smallest absolute Gasteiger partial charge is 0.416 e. The predicted octanol–water partition coefficient (Wildman–Crippen LogP) is 5.39. The highest BCUT2D eigenvalue weighted by Gasteiger charge is 2.43. The molecule has 2 N–H and O–H groups in total. The third kappa shape index (κ3) is 6.27. The van der Waals surface area contributed by atoms with Crippen molar-refractivity contribution in [2.24, 2.45) is 5.92 Å². The van der Waals surface area contributed by atoms with Gasteiger partial charge in [-0.05, 0) is 63.7 Å². The van der Waals surface area contributed by atoms with E-state index in [4.69, 9.17) is 9.47 Å². The van der Waals surface area contributed by atoms with Crippen LogP contribution in [0.4, 0.5) is 23.7 Å². The molecule has 1 fully saturated rings. The van der Waals surface area contributed by atoms with E-state index >= 15 is 0 Å². The molecule has 35 heavy (non-hydrogen) atoms. The fourth-order valence-corrected chi connectivity index (χ4v) is 4.85. The van der Waals surface area contributed by atoms with Crippen molar-refractivity contribution in [1.29, 1.82) is 0 Å². The van der Waals surface area contributed by atoms with Crippen molar-refractivity contribution in [2.75, 3.05) is 39.1 Å². The molecule has 0 aliphatic carbocycles. The number of anilines is 1. The van der Waals surface area contributed by atoms with E-state index in [0.29, 0.717) is 24.2 Å². The summed E-state index contributed by atoms with van der Waals surface area (Å²) in [5, 5.41) is 6.17. The number of alkyl halides is 3. The average molecular weight is 492 g/mol. The highest BCUT2D eigenvalue weighted by molar-refractivity contribution is 5.67. The molecule has 6 nitrogen and oxygen atoms in total. The number of nitrogens with zero attached hydrogens (tertiary/aromatic N) is 1. The lowest BCUT2D eigenvalue weighted by Crippen LogP contribution is -2.41. The van der Waals surface area contributed by atoms with Crippen LogP contribution in [0.5, 0.6) is 0 Å². The lowest BCUT2D eigenvalue weighted by molar-refractivity contribution is -0.138. The summed E-state index contributed by atoms with van der Waals surface area (Å²) in [7, 11) is 3.93. The molecule has 0 spiro atoms. The van der Waals surface area contributed by atoms with E-state index in [-0.39, 0.29) is 24.7 Å². The van der Waals surface area contributed by atoms with E-state index in [1.165, 1.54) is 12.1 Å². The number of alkyl carbamates (subject to hydrolysis) is 1. The summed E-state index contributed by atoms with van der Waals surface area (Å²) in [5.41, 5.74) is 1.49. The molecule has 1 saturated heterocycles. The van der Waals surface area contributed by atoms with Crippen LogP contribution in [-0.2, 0) is 15.7 Å². The van der Waals surface area contributed by atoms with Crippen LogP contribution in [0.15, 0.2) is 48.5 Å². The number of nitrogens with one attached hydrogen (secondary N) is 2. The van der Waals surface area contributed by atoms with Crippen molar-refractivity contribution < 1.29 is 27.4 Å². The summed E-state index contributed by atoms with van der Waals surface area (Å²) in [4.78, 5) is 14.1. The second-order valence-electron chi connectivity index (χ2n) is 9.43. The number of rotatable bonds is 7. The van der Waals surface area contributed by atoms with Crippen molar-refractivity contribution in [2.45, 2.75) is 43.7 Å². The number of amides is 1. The van der Waals surface area contributed by atoms with Gasteiger partial charge in [-0.3, -0.25) is 0 Å². The van der Waals surface area contributed by atoms with E-state index in [1.807, 2.05) is 49.3 Å². The van der Waals surface area contributed by atoms with Crippen LogP contribution in [-0.4, -0.2) is 50.9 Å². The second kappa shape index (κ2) is 10.9. The predicted molar refractivity (Wildman–Crippen MR) is 127 cm³/mol. The Morgan fingerprint density at radius 2 is 1.94 bits per heavy atom. The zero-order chi connectivity index (χ0) is 25.0. The Morgan fingerprint density at radius 3 is 2.66 bits per heavy atom. The van der Waals surface area contributed by atoms with Gasteiger partial charge >= 0.3 is 12.3 Å². The van der Waals surface area contributed by atoms with E-state index in [2.05, 4.69) is 10.6 Å². The standard InChI is InChI=1S/C26H32F3N3O3/c1-32(2)14-6-13-30-25(33)34-16-19-10-11-20-23(17-7-4-3-5-8-17)31-22-12-9-18(26(27,28)29)15-21(22)24(20)35-19/h3-5,7-9,12,15,19-20,23-24,31H,6,10-11,13-14,16H2,1-2H3,(H,30,33)/t19-,20+,23+,24+/m1/s1. The monoisotopic (exact) mass is 491 g/mol. The van der Waals surface area contributed by atoms with Crippen LogP contribution >= 0.6 is 0 Å². The SMILES string of the molecule is CN(C)CCCNC(=O)OC[C@H]1CC[C@@H]2[C@H](O1)c1cc(C(F)(F)F)ccc1N[C@H]2c1ccccc1. The molecule has 0 unspecified atom stereocenters. The van der Waals surface area contributed by atoms with Gasteiger partial charge in [-0.2, -0.15) is 13.2 Å². The summed E-state index contributed by atoms with van der Waals surface area (Å²) >= 11 is 0. The highest BCUT2D eigenvalue weighted by Crippen LogP contribution is 2.51. The summed E-state index contributed by atoms with van der Waals surface area (Å²) in [5.74, 6) is -0.0514. The first-order valence-corrected chi connectivity index (χ1v) is 12.0. The van der Waals surface area contributed by atoms with Gasteiger partial charge in [0.1, 0.15) is 6.61 Å². The van der Waals surface area contributed by atoms with Gasteiger partial charge in [-0.15, -0.1) is 0 Å². The van der Waals surface area contributed by atoms with Crippen molar-refractivity contribution in [3.8, 4) is 0 Å². The number of carbonyl (C=O) groups is 1. The Balaban J connectivity index is 1.47. The van der Waals surface area contributed by atoms with Gasteiger partial charge in [0.05, 0.1) is 23.8 Å². The molecule has 2 aromatic rings. The van der Waals surface area contributed by atoms with Crippen LogP contribution in [0.3, 0.4) is 0 Å². The zero-order valence-corrected chi connectivity index (χ0v) is 20.0. The molecule has 0 aromatic heterocycles. The maximum atomic E-state index is 13.5. The first-order chi connectivity index (χ1) is 16.7. The number of ether oxygens (including phenoxy) is 2. The lowest BCUT2D eigenvalue weighted by Gasteiger charge is -2.45. The third-order valence-electron chi connectivity index (χ3n) is 6.58. The Kier molecular flexibility index (Phi) is 7.86. The molecule has 2 heterocycles. The Hall–Kier alpha value is -2.78. The molecule has 9 heteroatoms. The van der Waals surface area contributed by atoms with E-state index in [0.717, 1.165) is 31.0 Å². The molecule has 0 radical (unpaired) electrons. The number of halogens is 3. The van der Waals surface area contributed by atoms with Gasteiger partial charge in [-0.1, -0.05) is 30.3 Å². The summed E-state index contributed by atoms with van der Waals surface area (Å²) in [6.45, 7) is 1.41. The Labute approximate surface area is 203 Å². The average Bonchev–Trinajstić information content (AvgIpc) is 2.84. The summed E-state index contributed by atoms with van der Waals surface area (Å²) in [6, 6.07) is 13.5. The van der Waals surface area contributed by atoms with Crippen molar-refractivity contribution in [3.63, 3.8) is 0 Å². The molecule has 2 aromatic carbocycles. The highest BCUT2D eigenvalue weighted by atomic mass is 19.4. The van der Waals surface area contributed by atoms with Crippen molar-refractivity contribution in [1.82, 2.24) is 10.2 Å². The van der Waals surface area contributed by atoms with Crippen LogP contribution in [0.2, 0.25) is 0 Å². The summed E-state index contributed by atoms with van der Waals surface area (Å²) in [6.07, 6.45) is -3.70. The number of fused-ring (bicyclic) bond motifs is 3. The maximum absolute atomic E-state index is 13.5. The van der Waals surface area contributed by atoms with Gasteiger partial charge in [0.25, 0.3) is 0 Å². The number of hydrogen-bond acceptors (Lipinski definition) is 5. The largest absolute Gasteiger partial charge is 0.447 e. The molecular formula is C26H32F3N3O3. The van der Waals surface area contributed by atoms with E-state index in [1.54, 1.807) is 0 Å². The third-order valence-corrected chi connectivity index (χ3v) is 6.58. The zero-order valence-electron chi connectivity index (χ0n) is 20.0. The first kappa shape index (κ1) is 25.3. The van der Waals surface area contributed by atoms with Crippen molar-refractivity contribution in [3.05, 3.63) is 65.2 Å². The molecule has 190 valence electrons. The van der Waals surface area contributed by atoms with Gasteiger partial charge in [-0.25, -0.2) is 4.79 Å². The van der Waals surface area contributed by atoms with Gasteiger partial charge < -0.3 is 25.0 Å². The molecule has 4 atom stereocenters. The Morgan fingerprint density at radius 1 is 1.17 bits per heavy atom. The van der Waals surface area contributed by atoms with Crippen LogP contribution in [0.25, 0.3) is 0 Å². The summed E-state index contributed by atoms with van der Waals surface area (Å²) < 4.78 is 52.0. The maximum Gasteiger partial charge on any atom is 0.416 e. The normalized spacial score (nSPS) is 23.7. The molecule has 1 amide bonds. The van der Waals surface area contributed by atoms with Gasteiger partial charge in [0, 0.05) is 23.7 Å². The van der Waals surface area contributed by atoms with E-state index < -0.39 is 23.9 Å². The molecular weight excluding hydrogens is 459 g/mol. The van der Waals surface area contributed by atoms with Gasteiger partial charge in [0.15, 0.2) is 0 Å². The molecule has 0 bridgehead atoms. The first-order valence-electron chi connectivity index (χ1n) is 12.0. The molecule has 0 saturated carbocycles. The van der Waals surface area contributed by atoms with Crippen LogP contribution in [0.1, 0.15) is 48.1 Å². The Bertz CT molecular complexity index is 1000. The minimum atomic E-state index is -4.44. The fraction of sp³-hybridized carbons (Fsp3) is 0.500. The molecule has 2 aliphatic rings. The minimum Gasteiger partial charge on any atom is -0.447 e. The molecule has 2 aliphatic heterocycles. The van der Waals surface area contributed by atoms with Crippen LogP contribution < -0.4 is 10.6 Å². The molecule has 4 rings (SSSR count). The fourth-order valence-electron chi connectivity index (χ4n) is 4.85. The van der Waals surface area contributed by atoms with Gasteiger partial charge in [0.2, 0.25) is 0 Å². The number of benzene rings is 2. The lowest BCUT2D eigenvalue weighted by atomic mass is 9.76. The van der Waals surface area contributed by atoms with Crippen molar-refractivity contribution >= 4 is 11.8 Å². The van der Waals surface area contributed by atoms with E-state index in [9.17, 15) is 18.0 Å².